The lowest BCUT2D eigenvalue weighted by Gasteiger charge is -2.11. The van der Waals surface area contributed by atoms with E-state index in [0.717, 1.165) is 6.42 Å². The second kappa shape index (κ2) is 7.73. The Balaban J connectivity index is 2.31. The SMILES string of the molecule is CCCOc1ccc(Br)cc1C(=O)Oc1ccccc1[N+](=O)[O-]. The molecule has 0 fully saturated rings. The van der Waals surface area contributed by atoms with Crippen LogP contribution in [0.5, 0.6) is 11.5 Å². The van der Waals surface area contributed by atoms with Gasteiger partial charge in [-0.25, -0.2) is 4.79 Å². The van der Waals surface area contributed by atoms with Crippen molar-refractivity contribution in [3.63, 3.8) is 0 Å². The molecule has 6 nitrogen and oxygen atoms in total. The van der Waals surface area contributed by atoms with Crippen LogP contribution in [0, 0.1) is 10.1 Å². The van der Waals surface area contributed by atoms with Crippen molar-refractivity contribution in [2.24, 2.45) is 0 Å². The van der Waals surface area contributed by atoms with E-state index in [1.165, 1.54) is 18.2 Å². The Hall–Kier alpha value is -2.41. The highest BCUT2D eigenvalue weighted by Crippen LogP contribution is 2.29. The average Bonchev–Trinajstić information content (AvgIpc) is 2.54. The van der Waals surface area contributed by atoms with Crippen LogP contribution in [0.1, 0.15) is 23.7 Å². The van der Waals surface area contributed by atoms with E-state index in [0.29, 0.717) is 16.8 Å². The maximum atomic E-state index is 12.4. The molecule has 0 spiro atoms. The zero-order valence-corrected chi connectivity index (χ0v) is 13.9. The number of carbonyl (C=O) groups excluding carboxylic acids is 1. The molecule has 0 saturated heterocycles. The molecule has 0 bridgehead atoms. The first-order valence-corrected chi connectivity index (χ1v) is 7.70. The first kappa shape index (κ1) is 17.0. The molecule has 0 radical (unpaired) electrons. The molecule has 0 aromatic heterocycles. The summed E-state index contributed by atoms with van der Waals surface area (Å²) in [5.41, 5.74) is -0.0714. The van der Waals surface area contributed by atoms with Gasteiger partial charge in [-0.1, -0.05) is 35.0 Å². The first-order chi connectivity index (χ1) is 11.0. The first-order valence-electron chi connectivity index (χ1n) is 6.91. The van der Waals surface area contributed by atoms with Crippen LogP contribution < -0.4 is 9.47 Å². The van der Waals surface area contributed by atoms with Gasteiger partial charge in [-0.05, 0) is 30.7 Å². The number of nitro benzene ring substituents is 1. The average molecular weight is 380 g/mol. The summed E-state index contributed by atoms with van der Waals surface area (Å²) in [4.78, 5) is 22.8. The molecule has 0 aliphatic rings. The number of hydrogen-bond donors (Lipinski definition) is 0. The van der Waals surface area contributed by atoms with Crippen molar-refractivity contribution >= 4 is 27.6 Å². The summed E-state index contributed by atoms with van der Waals surface area (Å²) < 4.78 is 11.4. The molecular weight excluding hydrogens is 366 g/mol. The molecule has 0 heterocycles. The predicted octanol–water partition coefficient (Wildman–Crippen LogP) is 4.37. The van der Waals surface area contributed by atoms with Gasteiger partial charge in [-0.2, -0.15) is 0 Å². The fourth-order valence-electron chi connectivity index (χ4n) is 1.85. The second-order valence-corrected chi connectivity index (χ2v) is 5.52. The Labute approximate surface area is 141 Å². The van der Waals surface area contributed by atoms with Gasteiger partial charge in [-0.15, -0.1) is 0 Å². The Bertz CT molecular complexity index is 732. The number of ether oxygens (including phenoxy) is 2. The van der Waals surface area contributed by atoms with Crippen molar-refractivity contribution in [3.8, 4) is 11.5 Å². The van der Waals surface area contributed by atoms with Crippen molar-refractivity contribution in [3.05, 3.63) is 62.6 Å². The molecule has 0 atom stereocenters. The molecule has 0 amide bonds. The van der Waals surface area contributed by atoms with Crippen LogP contribution in [0.2, 0.25) is 0 Å². The molecule has 0 aliphatic carbocycles. The number of benzene rings is 2. The number of rotatable bonds is 6. The minimum Gasteiger partial charge on any atom is -0.493 e. The summed E-state index contributed by atoms with van der Waals surface area (Å²) in [5, 5.41) is 11.0. The van der Waals surface area contributed by atoms with Crippen LogP contribution in [-0.4, -0.2) is 17.5 Å². The van der Waals surface area contributed by atoms with Gasteiger partial charge in [-0.3, -0.25) is 10.1 Å². The van der Waals surface area contributed by atoms with Gasteiger partial charge in [0.2, 0.25) is 5.75 Å². The smallest absolute Gasteiger partial charge is 0.347 e. The predicted molar refractivity (Wildman–Crippen MR) is 88.0 cm³/mol. The molecule has 2 rings (SSSR count). The standard InChI is InChI=1S/C16H14BrNO5/c1-2-9-22-14-8-7-11(17)10-12(14)16(19)23-15-6-4-3-5-13(15)18(20)21/h3-8,10H,2,9H2,1H3. The number of esters is 1. The third-order valence-corrected chi connectivity index (χ3v) is 3.38. The number of hydrogen-bond acceptors (Lipinski definition) is 5. The van der Waals surface area contributed by atoms with Crippen LogP contribution in [0.4, 0.5) is 5.69 Å². The molecule has 7 heteroatoms. The van der Waals surface area contributed by atoms with Crippen molar-refractivity contribution in [2.75, 3.05) is 6.61 Å². The Morgan fingerprint density at radius 3 is 2.65 bits per heavy atom. The van der Waals surface area contributed by atoms with E-state index in [1.54, 1.807) is 24.3 Å². The summed E-state index contributed by atoms with van der Waals surface area (Å²) in [6, 6.07) is 10.7. The summed E-state index contributed by atoms with van der Waals surface area (Å²) in [7, 11) is 0. The van der Waals surface area contributed by atoms with Gasteiger partial charge >= 0.3 is 11.7 Å². The van der Waals surface area contributed by atoms with E-state index in [9.17, 15) is 14.9 Å². The van der Waals surface area contributed by atoms with Crippen molar-refractivity contribution in [1.29, 1.82) is 0 Å². The van der Waals surface area contributed by atoms with Gasteiger partial charge in [0.15, 0.2) is 0 Å². The summed E-state index contributed by atoms with van der Waals surface area (Å²) >= 11 is 3.28. The Kier molecular flexibility index (Phi) is 5.70. The van der Waals surface area contributed by atoms with E-state index in [4.69, 9.17) is 9.47 Å². The van der Waals surface area contributed by atoms with E-state index >= 15 is 0 Å². The van der Waals surface area contributed by atoms with Crippen LogP contribution in [0.3, 0.4) is 0 Å². The normalized spacial score (nSPS) is 10.2. The summed E-state index contributed by atoms with van der Waals surface area (Å²) in [5.74, 6) is -0.450. The Morgan fingerprint density at radius 2 is 1.96 bits per heavy atom. The van der Waals surface area contributed by atoms with Gasteiger partial charge in [0.05, 0.1) is 11.5 Å². The van der Waals surface area contributed by atoms with E-state index in [1.807, 2.05) is 6.92 Å². The van der Waals surface area contributed by atoms with Crippen LogP contribution in [-0.2, 0) is 0 Å². The molecule has 2 aromatic carbocycles. The molecule has 0 N–H and O–H groups in total. The van der Waals surface area contributed by atoms with E-state index < -0.39 is 10.9 Å². The van der Waals surface area contributed by atoms with Gasteiger partial charge in [0.25, 0.3) is 0 Å². The maximum Gasteiger partial charge on any atom is 0.347 e. The third kappa shape index (κ3) is 4.29. The second-order valence-electron chi connectivity index (χ2n) is 4.60. The van der Waals surface area contributed by atoms with E-state index in [-0.39, 0.29) is 17.0 Å². The molecular formula is C16H14BrNO5. The zero-order chi connectivity index (χ0) is 16.8. The molecule has 0 saturated carbocycles. The largest absolute Gasteiger partial charge is 0.493 e. The number of halogens is 1. The van der Waals surface area contributed by atoms with Gasteiger partial charge in [0, 0.05) is 10.5 Å². The summed E-state index contributed by atoms with van der Waals surface area (Å²) in [6.07, 6.45) is 0.786. The lowest BCUT2D eigenvalue weighted by atomic mass is 10.2. The van der Waals surface area contributed by atoms with Crippen LogP contribution >= 0.6 is 15.9 Å². The molecule has 23 heavy (non-hydrogen) atoms. The maximum absolute atomic E-state index is 12.4. The topological polar surface area (TPSA) is 78.7 Å². The lowest BCUT2D eigenvalue weighted by molar-refractivity contribution is -0.385. The highest BCUT2D eigenvalue weighted by molar-refractivity contribution is 9.10. The van der Waals surface area contributed by atoms with Gasteiger partial charge < -0.3 is 9.47 Å². The number of nitro groups is 1. The van der Waals surface area contributed by atoms with E-state index in [2.05, 4.69) is 15.9 Å². The number of nitrogens with zero attached hydrogens (tertiary/aromatic N) is 1. The zero-order valence-electron chi connectivity index (χ0n) is 12.3. The fourth-order valence-corrected chi connectivity index (χ4v) is 2.21. The third-order valence-electron chi connectivity index (χ3n) is 2.89. The highest BCUT2D eigenvalue weighted by Gasteiger charge is 2.21. The molecule has 0 unspecified atom stereocenters. The van der Waals surface area contributed by atoms with Crippen molar-refractivity contribution in [1.82, 2.24) is 0 Å². The molecule has 120 valence electrons. The number of para-hydroxylation sites is 2. The monoisotopic (exact) mass is 379 g/mol. The Morgan fingerprint density at radius 1 is 1.22 bits per heavy atom. The van der Waals surface area contributed by atoms with Crippen LogP contribution in [0.15, 0.2) is 46.9 Å². The highest BCUT2D eigenvalue weighted by atomic mass is 79.9. The number of carbonyl (C=O) groups is 1. The van der Waals surface area contributed by atoms with Gasteiger partial charge in [0.1, 0.15) is 11.3 Å². The minimum atomic E-state index is -0.716. The van der Waals surface area contributed by atoms with Crippen LogP contribution in [0.25, 0.3) is 0 Å². The molecule has 0 aliphatic heterocycles. The molecule has 2 aromatic rings. The lowest BCUT2D eigenvalue weighted by Crippen LogP contribution is -2.12. The van der Waals surface area contributed by atoms with Crippen molar-refractivity contribution in [2.45, 2.75) is 13.3 Å². The fraction of sp³-hybridized carbons (Fsp3) is 0.188. The summed E-state index contributed by atoms with van der Waals surface area (Å²) in [6.45, 7) is 2.40. The van der Waals surface area contributed by atoms with Crippen molar-refractivity contribution < 1.29 is 19.2 Å². The minimum absolute atomic E-state index is 0.107. The quantitative estimate of drug-likeness (QED) is 0.322.